The van der Waals surface area contributed by atoms with Gasteiger partial charge in [0.1, 0.15) is 11.6 Å². The number of hydrogen-bond donors (Lipinski definition) is 2. The number of carbonyl (C=O) groups is 1. The molecule has 3 heterocycles. The van der Waals surface area contributed by atoms with E-state index in [0.717, 1.165) is 30.2 Å². The fourth-order valence-electron chi connectivity index (χ4n) is 3.81. The Morgan fingerprint density at radius 3 is 2.50 bits per heavy atom. The van der Waals surface area contributed by atoms with Crippen molar-refractivity contribution in [3.63, 3.8) is 0 Å². The van der Waals surface area contributed by atoms with Crippen LogP contribution in [-0.2, 0) is 0 Å². The van der Waals surface area contributed by atoms with E-state index in [1.54, 1.807) is 37.6 Å². The molecule has 0 unspecified atom stereocenters. The van der Waals surface area contributed by atoms with E-state index in [-0.39, 0.29) is 18.0 Å². The van der Waals surface area contributed by atoms with Crippen LogP contribution >= 0.6 is 11.6 Å². The lowest BCUT2D eigenvalue weighted by Crippen LogP contribution is -2.51. The minimum absolute atomic E-state index is 0.0214. The van der Waals surface area contributed by atoms with E-state index in [9.17, 15) is 4.79 Å². The van der Waals surface area contributed by atoms with Gasteiger partial charge in [-0.1, -0.05) is 11.6 Å². The average molecular weight is 453 g/mol. The summed E-state index contributed by atoms with van der Waals surface area (Å²) in [6, 6.07) is 10.5. The zero-order valence-corrected chi connectivity index (χ0v) is 18.7. The molecule has 9 heteroatoms. The third-order valence-corrected chi connectivity index (χ3v) is 5.79. The van der Waals surface area contributed by atoms with Crippen LogP contribution in [0.5, 0.6) is 5.75 Å². The summed E-state index contributed by atoms with van der Waals surface area (Å²) < 4.78 is 5.25. The number of aromatic nitrogens is 3. The lowest BCUT2D eigenvalue weighted by atomic mass is 9.88. The van der Waals surface area contributed by atoms with Gasteiger partial charge in [0.05, 0.1) is 31.4 Å². The number of methoxy groups -OCH3 is 1. The molecule has 0 aliphatic carbocycles. The molecule has 1 aromatic carbocycles. The smallest absolute Gasteiger partial charge is 0.319 e. The Morgan fingerprint density at radius 1 is 1.09 bits per heavy atom. The van der Waals surface area contributed by atoms with Crippen molar-refractivity contribution in [1.82, 2.24) is 20.3 Å². The Balaban J connectivity index is 1.51. The first kappa shape index (κ1) is 21.8. The monoisotopic (exact) mass is 452 g/mol. The average Bonchev–Trinajstić information content (AvgIpc) is 2.81. The summed E-state index contributed by atoms with van der Waals surface area (Å²) in [4.78, 5) is 28.2. The van der Waals surface area contributed by atoms with E-state index < -0.39 is 0 Å². The molecule has 1 fully saturated rings. The number of nitrogens with one attached hydrogen (secondary N) is 2. The van der Waals surface area contributed by atoms with Crippen molar-refractivity contribution in [3.05, 3.63) is 71.5 Å². The van der Waals surface area contributed by atoms with E-state index in [1.807, 2.05) is 31.5 Å². The summed E-state index contributed by atoms with van der Waals surface area (Å²) in [6.45, 7) is 3.31. The van der Waals surface area contributed by atoms with Crippen LogP contribution in [0, 0.1) is 6.92 Å². The maximum absolute atomic E-state index is 12.7. The first-order valence-corrected chi connectivity index (χ1v) is 10.8. The molecule has 1 saturated heterocycles. The Hall–Kier alpha value is -3.39. The summed E-state index contributed by atoms with van der Waals surface area (Å²) in [5.41, 5.74) is 2.53. The van der Waals surface area contributed by atoms with Crippen LogP contribution in [0.2, 0.25) is 5.02 Å². The van der Waals surface area contributed by atoms with Gasteiger partial charge < -0.3 is 20.3 Å². The molecule has 2 amide bonds. The molecule has 0 saturated carbocycles. The summed E-state index contributed by atoms with van der Waals surface area (Å²) in [5, 5.41) is 6.62. The Labute approximate surface area is 192 Å². The second kappa shape index (κ2) is 9.82. The van der Waals surface area contributed by atoms with E-state index in [1.165, 1.54) is 0 Å². The summed E-state index contributed by atoms with van der Waals surface area (Å²) in [5.74, 6) is 1.41. The lowest BCUT2D eigenvalue weighted by molar-refractivity contribution is 0.243. The number of urea groups is 1. The number of amides is 2. The SMILES string of the molecule is COc1ccc([C@@H]2CN(c3cnc(C)nc3)CC[C@H]2NC(=O)Nc2ccc(Cl)cc2)nc1. The van der Waals surface area contributed by atoms with Crippen molar-refractivity contribution in [3.8, 4) is 5.75 Å². The minimum Gasteiger partial charge on any atom is -0.495 e. The van der Waals surface area contributed by atoms with Gasteiger partial charge in [-0.2, -0.15) is 0 Å². The third-order valence-electron chi connectivity index (χ3n) is 5.54. The first-order valence-electron chi connectivity index (χ1n) is 10.4. The van der Waals surface area contributed by atoms with Gasteiger partial charge in [-0.15, -0.1) is 0 Å². The second-order valence-corrected chi connectivity index (χ2v) is 8.10. The molecular formula is C23H25ClN6O2. The summed E-state index contributed by atoms with van der Waals surface area (Å²) >= 11 is 5.93. The zero-order chi connectivity index (χ0) is 22.5. The quantitative estimate of drug-likeness (QED) is 0.607. The highest BCUT2D eigenvalue weighted by Gasteiger charge is 2.33. The van der Waals surface area contributed by atoms with Gasteiger partial charge >= 0.3 is 6.03 Å². The maximum Gasteiger partial charge on any atom is 0.319 e. The fraction of sp³-hybridized carbons (Fsp3) is 0.304. The molecule has 4 rings (SSSR count). The van der Waals surface area contributed by atoms with Crippen LogP contribution < -0.4 is 20.3 Å². The van der Waals surface area contributed by atoms with Crippen LogP contribution in [0.15, 0.2) is 55.0 Å². The summed E-state index contributed by atoms with van der Waals surface area (Å²) in [6.07, 6.45) is 6.12. The minimum atomic E-state index is -0.261. The second-order valence-electron chi connectivity index (χ2n) is 7.66. The van der Waals surface area contributed by atoms with Crippen molar-refractivity contribution >= 4 is 29.0 Å². The van der Waals surface area contributed by atoms with Crippen molar-refractivity contribution in [1.29, 1.82) is 0 Å². The number of halogens is 1. The number of piperidine rings is 1. The molecular weight excluding hydrogens is 428 g/mol. The predicted molar refractivity (Wildman–Crippen MR) is 125 cm³/mol. The van der Waals surface area contributed by atoms with Crippen LogP contribution in [-0.4, -0.2) is 47.2 Å². The maximum atomic E-state index is 12.7. The number of nitrogens with zero attached hydrogens (tertiary/aromatic N) is 4. The summed E-state index contributed by atoms with van der Waals surface area (Å²) in [7, 11) is 1.61. The topological polar surface area (TPSA) is 92.3 Å². The number of ether oxygens (including phenoxy) is 1. The molecule has 0 radical (unpaired) electrons. The van der Waals surface area contributed by atoms with Gasteiger partial charge in [-0.05, 0) is 49.7 Å². The molecule has 0 bridgehead atoms. The van der Waals surface area contributed by atoms with E-state index in [0.29, 0.717) is 23.0 Å². The van der Waals surface area contributed by atoms with E-state index in [4.69, 9.17) is 16.3 Å². The molecule has 2 aromatic heterocycles. The lowest BCUT2D eigenvalue weighted by Gasteiger charge is -2.39. The number of hydrogen-bond acceptors (Lipinski definition) is 6. The predicted octanol–water partition coefficient (Wildman–Crippen LogP) is 4.03. The zero-order valence-electron chi connectivity index (χ0n) is 18.0. The van der Waals surface area contributed by atoms with Crippen LogP contribution in [0.3, 0.4) is 0 Å². The first-order chi connectivity index (χ1) is 15.5. The number of aryl methyl sites for hydroxylation is 1. The van der Waals surface area contributed by atoms with Crippen molar-refractivity contribution in [2.45, 2.75) is 25.3 Å². The number of rotatable bonds is 5. The molecule has 1 aliphatic heterocycles. The van der Waals surface area contributed by atoms with E-state index in [2.05, 4.69) is 30.5 Å². The number of pyridine rings is 1. The standard InChI is InChI=1S/C23H25ClN6O2/c1-15-25-11-18(12-26-15)30-10-9-22(20(14-30)21-8-7-19(32-2)13-27-21)29-23(31)28-17-5-3-16(24)4-6-17/h3-8,11-13,20,22H,9-10,14H2,1-2H3,(H2,28,29,31)/t20-,22+/m0/s1. The van der Waals surface area contributed by atoms with Gasteiger partial charge in [-0.3, -0.25) is 4.98 Å². The van der Waals surface area contributed by atoms with Gasteiger partial charge in [0, 0.05) is 41.5 Å². The van der Waals surface area contributed by atoms with Crippen molar-refractivity contribution in [2.24, 2.45) is 0 Å². The fourth-order valence-corrected chi connectivity index (χ4v) is 3.93. The van der Waals surface area contributed by atoms with Gasteiger partial charge in [0.25, 0.3) is 0 Å². The Bertz CT molecular complexity index is 1040. The molecule has 8 nitrogen and oxygen atoms in total. The number of anilines is 2. The molecule has 3 aromatic rings. The highest BCUT2D eigenvalue weighted by atomic mass is 35.5. The Morgan fingerprint density at radius 2 is 1.84 bits per heavy atom. The normalized spacial score (nSPS) is 18.2. The highest BCUT2D eigenvalue weighted by Crippen LogP contribution is 2.30. The van der Waals surface area contributed by atoms with Crippen LogP contribution in [0.1, 0.15) is 23.9 Å². The van der Waals surface area contributed by atoms with Gasteiger partial charge in [-0.25, -0.2) is 14.8 Å². The van der Waals surface area contributed by atoms with Crippen molar-refractivity contribution < 1.29 is 9.53 Å². The number of carbonyl (C=O) groups excluding carboxylic acids is 1. The van der Waals surface area contributed by atoms with Crippen LogP contribution in [0.4, 0.5) is 16.2 Å². The molecule has 166 valence electrons. The molecule has 32 heavy (non-hydrogen) atoms. The largest absolute Gasteiger partial charge is 0.495 e. The van der Waals surface area contributed by atoms with E-state index >= 15 is 0 Å². The van der Waals surface area contributed by atoms with Crippen molar-refractivity contribution in [2.75, 3.05) is 30.4 Å². The highest BCUT2D eigenvalue weighted by molar-refractivity contribution is 6.30. The van der Waals surface area contributed by atoms with Gasteiger partial charge in [0.15, 0.2) is 0 Å². The molecule has 0 spiro atoms. The molecule has 2 N–H and O–H groups in total. The van der Waals surface area contributed by atoms with Gasteiger partial charge in [0.2, 0.25) is 0 Å². The third kappa shape index (κ3) is 5.26. The molecule has 1 aliphatic rings. The Kier molecular flexibility index (Phi) is 6.70. The molecule has 2 atom stereocenters. The van der Waals surface area contributed by atoms with Crippen LogP contribution in [0.25, 0.3) is 0 Å². The number of benzene rings is 1.